The Hall–Kier alpha value is -2.69. The van der Waals surface area contributed by atoms with Gasteiger partial charge in [-0.15, -0.1) is 11.3 Å². The first kappa shape index (κ1) is 17.7. The summed E-state index contributed by atoms with van der Waals surface area (Å²) >= 11 is 0.985. The highest BCUT2D eigenvalue weighted by atomic mass is 32.1. The Balaban J connectivity index is 1.97. The van der Waals surface area contributed by atoms with Crippen molar-refractivity contribution in [3.63, 3.8) is 0 Å². The molecule has 0 saturated heterocycles. The first-order chi connectivity index (χ1) is 11.3. The summed E-state index contributed by atoms with van der Waals surface area (Å²) in [6, 6.07) is 6.52. The minimum atomic E-state index is -2.79. The van der Waals surface area contributed by atoms with Gasteiger partial charge in [0.1, 0.15) is 5.69 Å². The molecule has 0 fully saturated rings. The van der Waals surface area contributed by atoms with Crippen molar-refractivity contribution in [3.05, 3.63) is 40.9 Å². The highest BCUT2D eigenvalue weighted by Crippen LogP contribution is 2.23. The molecule has 7 N–H and O–H groups in total. The van der Waals surface area contributed by atoms with E-state index in [9.17, 15) is 19.8 Å². The molecule has 0 spiro atoms. The number of thiazole rings is 1. The molecule has 0 bridgehead atoms. The first-order valence-corrected chi connectivity index (χ1v) is 7.70. The molecule has 9 nitrogen and oxygen atoms in total. The van der Waals surface area contributed by atoms with Gasteiger partial charge in [-0.2, -0.15) is 0 Å². The highest BCUT2D eigenvalue weighted by Gasteiger charge is 2.38. The average molecular weight is 352 g/mol. The number of nitrogens with one attached hydrogen (secondary N) is 2. The number of aliphatic hydroxyl groups is 2. The van der Waals surface area contributed by atoms with E-state index < -0.39 is 17.8 Å². The maximum atomic E-state index is 12.0. The van der Waals surface area contributed by atoms with Crippen molar-refractivity contribution in [2.45, 2.75) is 12.2 Å². The fourth-order valence-corrected chi connectivity index (χ4v) is 2.45. The minimum Gasteiger partial charge on any atom is -0.465 e. The normalized spacial score (nSPS) is 11.1. The molecule has 1 heterocycles. The molecule has 2 amide bonds. The lowest BCUT2D eigenvalue weighted by molar-refractivity contribution is -0.185. The smallest absolute Gasteiger partial charge is 0.404 e. The van der Waals surface area contributed by atoms with E-state index in [-0.39, 0.29) is 17.4 Å². The number of benzene rings is 1. The molecule has 128 valence electrons. The summed E-state index contributed by atoms with van der Waals surface area (Å²) in [6.45, 7) is 0.267. The first-order valence-electron chi connectivity index (χ1n) is 6.82. The van der Waals surface area contributed by atoms with Crippen LogP contribution in [-0.2, 0) is 17.0 Å². The fourth-order valence-electron chi connectivity index (χ4n) is 1.85. The van der Waals surface area contributed by atoms with Crippen LogP contribution < -0.4 is 16.4 Å². The monoisotopic (exact) mass is 352 g/mol. The summed E-state index contributed by atoms with van der Waals surface area (Å²) in [7, 11) is 0. The van der Waals surface area contributed by atoms with Crippen LogP contribution in [0.3, 0.4) is 0 Å². The summed E-state index contributed by atoms with van der Waals surface area (Å²) in [6.07, 6.45) is -0.605. The van der Waals surface area contributed by atoms with E-state index in [2.05, 4.69) is 15.6 Å². The lowest BCUT2D eigenvalue weighted by Crippen LogP contribution is -2.40. The van der Waals surface area contributed by atoms with Crippen molar-refractivity contribution in [2.24, 2.45) is 0 Å². The Labute approximate surface area is 140 Å². The molecule has 1 aromatic carbocycles. The van der Waals surface area contributed by atoms with Crippen LogP contribution in [0.25, 0.3) is 0 Å². The van der Waals surface area contributed by atoms with Gasteiger partial charge >= 0.3 is 6.09 Å². The number of anilines is 2. The van der Waals surface area contributed by atoms with Crippen molar-refractivity contribution in [2.75, 3.05) is 17.6 Å². The van der Waals surface area contributed by atoms with E-state index in [1.165, 1.54) is 5.38 Å². The lowest BCUT2D eigenvalue weighted by Gasteiger charge is -2.18. The van der Waals surface area contributed by atoms with Crippen molar-refractivity contribution in [1.82, 2.24) is 10.3 Å². The van der Waals surface area contributed by atoms with Crippen molar-refractivity contribution in [1.29, 1.82) is 0 Å². The van der Waals surface area contributed by atoms with E-state index >= 15 is 0 Å². The van der Waals surface area contributed by atoms with E-state index in [1.54, 1.807) is 24.3 Å². The van der Waals surface area contributed by atoms with Crippen LogP contribution in [0.2, 0.25) is 0 Å². The molecule has 2 rings (SSSR count). The second kappa shape index (κ2) is 7.25. The number of rotatable bonds is 6. The number of amides is 2. The van der Waals surface area contributed by atoms with Gasteiger partial charge in [0.15, 0.2) is 5.13 Å². The highest BCUT2D eigenvalue weighted by molar-refractivity contribution is 7.13. The van der Waals surface area contributed by atoms with Crippen LogP contribution in [0.1, 0.15) is 11.3 Å². The fraction of sp³-hybridized carbons (Fsp3) is 0.214. The molecule has 0 saturated carbocycles. The van der Waals surface area contributed by atoms with Crippen molar-refractivity contribution in [3.8, 4) is 0 Å². The Bertz CT molecular complexity index is 729. The zero-order valence-corrected chi connectivity index (χ0v) is 13.2. The Morgan fingerprint density at radius 3 is 2.46 bits per heavy atom. The third-order valence-electron chi connectivity index (χ3n) is 3.10. The predicted octanol–water partition coefficient (Wildman–Crippen LogP) is 0.311. The topological polar surface area (TPSA) is 158 Å². The lowest BCUT2D eigenvalue weighted by atomic mass is 10.1. The van der Waals surface area contributed by atoms with Crippen molar-refractivity contribution >= 4 is 34.2 Å². The molecule has 2 aromatic rings. The summed E-state index contributed by atoms with van der Waals surface area (Å²) in [5.74, 6) is -3.86. The van der Waals surface area contributed by atoms with Gasteiger partial charge in [-0.05, 0) is 24.1 Å². The molecule has 10 heteroatoms. The Kier molecular flexibility index (Phi) is 5.34. The summed E-state index contributed by atoms with van der Waals surface area (Å²) in [5, 5.41) is 34.3. The van der Waals surface area contributed by atoms with Crippen LogP contribution >= 0.6 is 11.3 Å². The van der Waals surface area contributed by atoms with Gasteiger partial charge in [0.25, 0.3) is 11.7 Å². The van der Waals surface area contributed by atoms with E-state index in [1.807, 2.05) is 0 Å². The minimum absolute atomic E-state index is 0.115. The third-order valence-corrected chi connectivity index (χ3v) is 3.77. The van der Waals surface area contributed by atoms with Gasteiger partial charge < -0.3 is 31.7 Å². The van der Waals surface area contributed by atoms with Gasteiger partial charge in [0, 0.05) is 17.6 Å². The Morgan fingerprint density at radius 2 is 1.92 bits per heavy atom. The van der Waals surface area contributed by atoms with E-state index in [0.717, 1.165) is 16.9 Å². The maximum absolute atomic E-state index is 12.0. The quantitative estimate of drug-likeness (QED) is 0.408. The number of hydrogen-bond donors (Lipinski definition) is 6. The third kappa shape index (κ3) is 4.41. The zero-order chi connectivity index (χ0) is 17.7. The van der Waals surface area contributed by atoms with Crippen LogP contribution in [0.15, 0.2) is 29.6 Å². The number of carboxylic acid groups (broad SMARTS) is 1. The van der Waals surface area contributed by atoms with E-state index in [0.29, 0.717) is 12.1 Å². The Morgan fingerprint density at radius 1 is 1.25 bits per heavy atom. The molecule has 24 heavy (non-hydrogen) atoms. The molecule has 0 unspecified atom stereocenters. The molecule has 0 aliphatic carbocycles. The maximum Gasteiger partial charge on any atom is 0.404 e. The number of nitrogen functional groups attached to an aromatic ring is 1. The van der Waals surface area contributed by atoms with Crippen LogP contribution in [0.4, 0.5) is 15.6 Å². The standard InChI is InChI=1S/C14H16N4O5S/c15-12-18-10(7-24-12)14(22,23)11(19)17-9-3-1-8(2-4-9)5-6-16-13(20)21/h1-4,7,16,22-23H,5-6H2,(H2,15,18)(H,17,19)(H,20,21). The number of hydrogen-bond acceptors (Lipinski definition) is 7. The molecular weight excluding hydrogens is 336 g/mol. The number of aromatic nitrogens is 1. The van der Waals surface area contributed by atoms with Crippen LogP contribution in [-0.4, -0.2) is 38.8 Å². The van der Waals surface area contributed by atoms with E-state index in [4.69, 9.17) is 10.8 Å². The molecule has 0 aliphatic heterocycles. The molecule has 0 aliphatic rings. The second-order valence-corrected chi connectivity index (χ2v) is 5.77. The molecular formula is C14H16N4O5S. The van der Waals surface area contributed by atoms with Gasteiger partial charge in [-0.3, -0.25) is 4.79 Å². The summed E-state index contributed by atoms with van der Waals surface area (Å²) in [4.78, 5) is 26.1. The second-order valence-electron chi connectivity index (χ2n) is 4.88. The average Bonchev–Trinajstić information content (AvgIpc) is 2.96. The van der Waals surface area contributed by atoms with Crippen molar-refractivity contribution < 1.29 is 24.9 Å². The number of nitrogens with zero attached hydrogens (tertiary/aromatic N) is 1. The van der Waals surface area contributed by atoms with Gasteiger partial charge in [-0.25, -0.2) is 9.78 Å². The van der Waals surface area contributed by atoms with Gasteiger partial charge in [0.2, 0.25) is 0 Å². The van der Waals surface area contributed by atoms with Gasteiger partial charge in [-0.1, -0.05) is 12.1 Å². The SMILES string of the molecule is Nc1nc(C(O)(O)C(=O)Nc2ccc(CCNC(=O)O)cc2)cs1. The number of nitrogens with two attached hydrogens (primary N) is 1. The van der Waals surface area contributed by atoms with Crippen LogP contribution in [0.5, 0.6) is 0 Å². The number of carbonyl (C=O) groups is 2. The molecule has 1 aromatic heterocycles. The zero-order valence-electron chi connectivity index (χ0n) is 12.4. The van der Waals surface area contributed by atoms with Gasteiger partial charge in [0.05, 0.1) is 0 Å². The van der Waals surface area contributed by atoms with Crippen LogP contribution in [0, 0.1) is 0 Å². The summed E-state index contributed by atoms with van der Waals surface area (Å²) < 4.78 is 0. The number of carbonyl (C=O) groups excluding carboxylic acids is 1. The largest absolute Gasteiger partial charge is 0.465 e. The predicted molar refractivity (Wildman–Crippen MR) is 87.4 cm³/mol. The molecule has 0 atom stereocenters. The molecule has 0 radical (unpaired) electrons. The summed E-state index contributed by atoms with van der Waals surface area (Å²) in [5.41, 5.74) is 6.37.